The van der Waals surface area contributed by atoms with Gasteiger partial charge in [-0.3, -0.25) is 0 Å². The number of unbranched alkanes of at least 4 members (excludes halogenated alkanes) is 6. The number of hydrogen-bond acceptors (Lipinski definition) is 3. The lowest BCUT2D eigenvalue weighted by atomic mass is 10.0. The van der Waals surface area contributed by atoms with Crippen molar-refractivity contribution in [3.8, 4) is 5.75 Å². The van der Waals surface area contributed by atoms with E-state index < -0.39 is 0 Å². The molecule has 0 aliphatic heterocycles. The lowest BCUT2D eigenvalue weighted by Crippen LogP contribution is -1.92. The predicted molar refractivity (Wildman–Crippen MR) is 93.1 cm³/mol. The SMILES string of the molecule is CCCCCCCCCc1ccc(O)c(CSCCO)c1. The zero-order valence-corrected chi connectivity index (χ0v) is 14.1. The molecule has 0 saturated heterocycles. The minimum atomic E-state index is 0.198. The minimum absolute atomic E-state index is 0.198. The smallest absolute Gasteiger partial charge is 0.119 e. The van der Waals surface area contributed by atoms with Crippen molar-refractivity contribution in [2.45, 2.75) is 64.0 Å². The number of rotatable bonds is 12. The molecule has 2 N–H and O–H groups in total. The van der Waals surface area contributed by atoms with E-state index in [0.717, 1.165) is 23.5 Å². The first-order chi connectivity index (χ1) is 10.3. The summed E-state index contributed by atoms with van der Waals surface area (Å²) in [6.45, 7) is 2.45. The second-order valence-electron chi connectivity index (χ2n) is 5.61. The average Bonchev–Trinajstić information content (AvgIpc) is 2.49. The Hall–Kier alpha value is -0.670. The standard InChI is InChI=1S/C18H30O2S/c1-2-3-4-5-6-7-8-9-16-10-11-18(20)17(14-16)15-21-13-12-19/h10-11,14,19-20H,2-9,12-13,15H2,1H3. The van der Waals surface area contributed by atoms with Gasteiger partial charge < -0.3 is 10.2 Å². The molecule has 3 heteroatoms. The molecule has 0 aliphatic carbocycles. The van der Waals surface area contributed by atoms with Crippen LogP contribution in [0.3, 0.4) is 0 Å². The largest absolute Gasteiger partial charge is 0.508 e. The van der Waals surface area contributed by atoms with Crippen LogP contribution in [-0.4, -0.2) is 22.6 Å². The first-order valence-corrected chi connectivity index (χ1v) is 9.42. The van der Waals surface area contributed by atoms with Gasteiger partial charge >= 0.3 is 0 Å². The van der Waals surface area contributed by atoms with E-state index in [4.69, 9.17) is 5.11 Å². The molecule has 0 radical (unpaired) electrons. The number of hydrogen-bond donors (Lipinski definition) is 2. The molecule has 0 aromatic heterocycles. The Kier molecular flexibility index (Phi) is 10.4. The van der Waals surface area contributed by atoms with Crippen molar-refractivity contribution < 1.29 is 10.2 Å². The van der Waals surface area contributed by atoms with E-state index in [9.17, 15) is 5.11 Å². The topological polar surface area (TPSA) is 40.5 Å². The summed E-state index contributed by atoms with van der Waals surface area (Å²) in [5.41, 5.74) is 2.31. The quantitative estimate of drug-likeness (QED) is 0.539. The fraction of sp³-hybridized carbons (Fsp3) is 0.667. The van der Waals surface area contributed by atoms with Gasteiger partial charge in [0.05, 0.1) is 6.61 Å². The number of thioether (sulfide) groups is 1. The van der Waals surface area contributed by atoms with Gasteiger partial charge in [0.15, 0.2) is 0 Å². The summed E-state index contributed by atoms with van der Waals surface area (Å²) in [6.07, 6.45) is 10.4. The summed E-state index contributed by atoms with van der Waals surface area (Å²) in [7, 11) is 0. The van der Waals surface area contributed by atoms with Crippen LogP contribution in [0.5, 0.6) is 5.75 Å². The second kappa shape index (κ2) is 11.9. The number of aromatic hydroxyl groups is 1. The molecule has 21 heavy (non-hydrogen) atoms. The van der Waals surface area contributed by atoms with Crippen LogP contribution in [0.25, 0.3) is 0 Å². The van der Waals surface area contributed by atoms with Gasteiger partial charge in [0, 0.05) is 17.1 Å². The van der Waals surface area contributed by atoms with Gasteiger partial charge in [-0.05, 0) is 24.5 Å². The van der Waals surface area contributed by atoms with E-state index in [1.54, 1.807) is 11.8 Å². The maximum absolute atomic E-state index is 9.85. The fourth-order valence-corrected chi connectivity index (χ4v) is 3.17. The van der Waals surface area contributed by atoms with Crippen LogP contribution in [0, 0.1) is 0 Å². The third kappa shape index (κ3) is 8.37. The summed E-state index contributed by atoms with van der Waals surface area (Å²) in [5.74, 6) is 1.88. The van der Waals surface area contributed by atoms with Crippen LogP contribution in [0.4, 0.5) is 0 Å². The van der Waals surface area contributed by atoms with Crippen molar-refractivity contribution in [2.75, 3.05) is 12.4 Å². The molecule has 120 valence electrons. The highest BCUT2D eigenvalue weighted by molar-refractivity contribution is 7.98. The molecule has 0 saturated carbocycles. The van der Waals surface area contributed by atoms with E-state index in [1.807, 2.05) is 12.1 Å². The first kappa shape index (κ1) is 18.4. The number of aryl methyl sites for hydroxylation is 1. The molecule has 0 bridgehead atoms. The Morgan fingerprint density at radius 1 is 1.00 bits per heavy atom. The Bertz CT molecular complexity index is 379. The monoisotopic (exact) mass is 310 g/mol. The zero-order chi connectivity index (χ0) is 15.3. The maximum Gasteiger partial charge on any atom is 0.119 e. The molecule has 0 fully saturated rings. The van der Waals surface area contributed by atoms with Crippen molar-refractivity contribution in [2.24, 2.45) is 0 Å². The van der Waals surface area contributed by atoms with Gasteiger partial charge in [-0.2, -0.15) is 11.8 Å². The molecule has 0 aliphatic rings. The molecule has 1 aromatic carbocycles. The highest BCUT2D eigenvalue weighted by Crippen LogP contribution is 2.24. The number of benzene rings is 1. The number of aliphatic hydroxyl groups is 1. The van der Waals surface area contributed by atoms with Gasteiger partial charge in [-0.1, -0.05) is 57.6 Å². The molecule has 0 unspecified atom stereocenters. The molecule has 0 amide bonds. The summed E-state index contributed by atoms with van der Waals surface area (Å²) in [4.78, 5) is 0. The zero-order valence-electron chi connectivity index (χ0n) is 13.3. The minimum Gasteiger partial charge on any atom is -0.508 e. The summed E-state index contributed by atoms with van der Waals surface area (Å²) in [6, 6.07) is 5.97. The molecular weight excluding hydrogens is 280 g/mol. The van der Waals surface area contributed by atoms with Gasteiger partial charge in [0.2, 0.25) is 0 Å². The van der Waals surface area contributed by atoms with Crippen molar-refractivity contribution in [3.05, 3.63) is 29.3 Å². The van der Waals surface area contributed by atoms with Gasteiger partial charge in [0.25, 0.3) is 0 Å². The molecule has 1 rings (SSSR count). The lowest BCUT2D eigenvalue weighted by molar-refractivity contribution is 0.322. The Balaban J connectivity index is 2.26. The Labute approximate surface area is 134 Å². The van der Waals surface area contributed by atoms with Crippen molar-refractivity contribution >= 4 is 11.8 Å². The van der Waals surface area contributed by atoms with Gasteiger partial charge in [-0.15, -0.1) is 0 Å². The second-order valence-corrected chi connectivity index (χ2v) is 6.72. The van der Waals surface area contributed by atoms with E-state index in [-0.39, 0.29) is 6.61 Å². The molecular formula is C18H30O2S. The summed E-state index contributed by atoms with van der Waals surface area (Å²) < 4.78 is 0. The molecule has 0 heterocycles. The number of phenols is 1. The molecule has 2 nitrogen and oxygen atoms in total. The number of phenolic OH excluding ortho intramolecular Hbond substituents is 1. The summed E-state index contributed by atoms with van der Waals surface area (Å²) in [5, 5.41) is 18.7. The van der Waals surface area contributed by atoms with Crippen molar-refractivity contribution in [3.63, 3.8) is 0 Å². The Morgan fingerprint density at radius 2 is 1.71 bits per heavy atom. The lowest BCUT2D eigenvalue weighted by Gasteiger charge is -2.08. The third-order valence-corrected chi connectivity index (χ3v) is 4.69. The van der Waals surface area contributed by atoms with E-state index in [2.05, 4.69) is 13.0 Å². The van der Waals surface area contributed by atoms with E-state index in [0.29, 0.717) is 5.75 Å². The first-order valence-electron chi connectivity index (χ1n) is 8.27. The van der Waals surface area contributed by atoms with Crippen molar-refractivity contribution in [1.82, 2.24) is 0 Å². The van der Waals surface area contributed by atoms with Crippen molar-refractivity contribution in [1.29, 1.82) is 0 Å². The highest BCUT2D eigenvalue weighted by atomic mass is 32.2. The normalized spacial score (nSPS) is 11.0. The average molecular weight is 311 g/mol. The summed E-state index contributed by atoms with van der Waals surface area (Å²) >= 11 is 1.66. The van der Waals surface area contributed by atoms with Crippen LogP contribution in [0.2, 0.25) is 0 Å². The third-order valence-electron chi connectivity index (χ3n) is 3.71. The van der Waals surface area contributed by atoms with E-state index in [1.165, 1.54) is 50.5 Å². The Morgan fingerprint density at radius 3 is 2.43 bits per heavy atom. The van der Waals surface area contributed by atoms with Crippen LogP contribution in [-0.2, 0) is 12.2 Å². The fourth-order valence-electron chi connectivity index (χ4n) is 2.44. The molecule has 0 atom stereocenters. The van der Waals surface area contributed by atoms with Gasteiger partial charge in [-0.25, -0.2) is 0 Å². The van der Waals surface area contributed by atoms with E-state index >= 15 is 0 Å². The van der Waals surface area contributed by atoms with Crippen LogP contribution in [0.1, 0.15) is 63.0 Å². The number of aliphatic hydroxyl groups excluding tert-OH is 1. The predicted octanol–water partition coefficient (Wildman–Crippen LogP) is 4.91. The van der Waals surface area contributed by atoms with Gasteiger partial charge in [0.1, 0.15) is 5.75 Å². The maximum atomic E-state index is 9.85. The van der Waals surface area contributed by atoms with Crippen LogP contribution >= 0.6 is 11.8 Å². The molecule has 0 spiro atoms. The molecule has 1 aromatic rings. The highest BCUT2D eigenvalue weighted by Gasteiger charge is 2.03. The van der Waals surface area contributed by atoms with Crippen LogP contribution < -0.4 is 0 Å². The van der Waals surface area contributed by atoms with Crippen LogP contribution in [0.15, 0.2) is 18.2 Å².